The minimum atomic E-state index is -0.974. The standard InChI is InChI=1S/C26H33FN2O4/c1-14(2)8-16-10-19(11-16)26-24(17-4-5-17)25(29-33-26)18(13-23(31)32)12-22(30)28-21-7-6-20(27)9-15(21)3/h6-7,9,14,16-19H,4-5,8,10-13H2,1-3H3,(H,28,30)(H,31,32)/t16?,18-,19?/m1/s1. The van der Waals surface area contributed by atoms with Crippen LogP contribution in [0.2, 0.25) is 0 Å². The van der Waals surface area contributed by atoms with Gasteiger partial charge in [0.05, 0.1) is 12.1 Å². The van der Waals surface area contributed by atoms with E-state index in [4.69, 9.17) is 4.52 Å². The maximum absolute atomic E-state index is 13.4. The number of aryl methyl sites for hydroxylation is 1. The Labute approximate surface area is 193 Å². The molecule has 2 aliphatic carbocycles. The van der Waals surface area contributed by atoms with Crippen LogP contribution in [0.4, 0.5) is 10.1 Å². The molecule has 2 fully saturated rings. The summed E-state index contributed by atoms with van der Waals surface area (Å²) in [4.78, 5) is 24.4. The fraction of sp³-hybridized carbons (Fsp3) is 0.577. The van der Waals surface area contributed by atoms with Crippen LogP contribution in [-0.2, 0) is 9.59 Å². The van der Waals surface area contributed by atoms with E-state index in [1.807, 2.05) is 0 Å². The summed E-state index contributed by atoms with van der Waals surface area (Å²) in [5, 5.41) is 16.7. The number of nitrogens with one attached hydrogen (secondary N) is 1. The molecular weight excluding hydrogens is 423 g/mol. The first-order chi connectivity index (χ1) is 15.7. The number of carboxylic acids is 1. The Morgan fingerprint density at radius 3 is 2.55 bits per heavy atom. The van der Waals surface area contributed by atoms with Gasteiger partial charge in [-0.15, -0.1) is 0 Å². The van der Waals surface area contributed by atoms with Crippen molar-refractivity contribution in [2.45, 2.75) is 83.5 Å². The van der Waals surface area contributed by atoms with Gasteiger partial charge in [-0.05, 0) is 80.5 Å². The molecule has 1 aromatic carbocycles. The first-order valence-corrected chi connectivity index (χ1v) is 12.0. The number of nitrogens with zero attached hydrogens (tertiary/aromatic N) is 1. The molecule has 1 heterocycles. The lowest BCUT2D eigenvalue weighted by Gasteiger charge is -2.35. The molecule has 0 spiro atoms. The topological polar surface area (TPSA) is 92.4 Å². The number of aliphatic carboxylic acids is 1. The van der Waals surface area contributed by atoms with Crippen LogP contribution < -0.4 is 5.32 Å². The first-order valence-electron chi connectivity index (χ1n) is 12.0. The van der Waals surface area contributed by atoms with Crippen molar-refractivity contribution in [3.8, 4) is 0 Å². The van der Waals surface area contributed by atoms with Crippen LogP contribution >= 0.6 is 0 Å². The molecule has 1 atom stereocenters. The Kier molecular flexibility index (Phi) is 6.86. The summed E-state index contributed by atoms with van der Waals surface area (Å²) in [5.74, 6) is 0.754. The second-order valence-corrected chi connectivity index (χ2v) is 10.3. The molecule has 2 N–H and O–H groups in total. The van der Waals surface area contributed by atoms with Crippen molar-refractivity contribution in [1.29, 1.82) is 0 Å². The van der Waals surface area contributed by atoms with Gasteiger partial charge in [0.25, 0.3) is 0 Å². The SMILES string of the molecule is Cc1cc(F)ccc1NC(=O)C[C@H](CC(=O)O)c1noc(C2CC(CC(C)C)C2)c1C1CC1. The number of hydrogen-bond donors (Lipinski definition) is 2. The molecule has 178 valence electrons. The Balaban J connectivity index is 1.52. The monoisotopic (exact) mass is 456 g/mol. The molecule has 1 amide bonds. The lowest BCUT2D eigenvalue weighted by atomic mass is 9.69. The van der Waals surface area contributed by atoms with Crippen LogP contribution in [-0.4, -0.2) is 22.1 Å². The van der Waals surface area contributed by atoms with E-state index in [1.54, 1.807) is 6.92 Å². The van der Waals surface area contributed by atoms with Crippen LogP contribution in [0.3, 0.4) is 0 Å². The van der Waals surface area contributed by atoms with E-state index in [-0.39, 0.29) is 24.6 Å². The van der Waals surface area contributed by atoms with Crippen molar-refractivity contribution in [2.24, 2.45) is 11.8 Å². The highest BCUT2D eigenvalue weighted by atomic mass is 19.1. The number of amides is 1. The molecule has 2 aromatic rings. The Hall–Kier alpha value is -2.70. The zero-order chi connectivity index (χ0) is 23.7. The minimum Gasteiger partial charge on any atom is -0.481 e. The number of rotatable bonds is 10. The molecule has 2 saturated carbocycles. The number of anilines is 1. The normalized spacial score (nSPS) is 21.0. The fourth-order valence-corrected chi connectivity index (χ4v) is 5.17. The molecule has 33 heavy (non-hydrogen) atoms. The summed E-state index contributed by atoms with van der Waals surface area (Å²) in [6.07, 6.45) is 5.26. The number of carbonyl (C=O) groups is 2. The molecule has 0 bridgehead atoms. The molecule has 2 aliphatic rings. The van der Waals surface area contributed by atoms with Gasteiger partial charge in [0, 0.05) is 29.5 Å². The van der Waals surface area contributed by atoms with Crippen LogP contribution in [0.15, 0.2) is 22.7 Å². The average molecular weight is 457 g/mol. The predicted molar refractivity (Wildman–Crippen MR) is 123 cm³/mol. The van der Waals surface area contributed by atoms with E-state index in [1.165, 1.54) is 24.6 Å². The van der Waals surface area contributed by atoms with Crippen molar-refractivity contribution in [2.75, 3.05) is 5.32 Å². The molecule has 1 aromatic heterocycles. The second-order valence-electron chi connectivity index (χ2n) is 10.3. The van der Waals surface area contributed by atoms with Crippen LogP contribution in [0.5, 0.6) is 0 Å². The first kappa shape index (κ1) is 23.5. The highest BCUT2D eigenvalue weighted by molar-refractivity contribution is 5.92. The van der Waals surface area contributed by atoms with E-state index >= 15 is 0 Å². The van der Waals surface area contributed by atoms with Gasteiger partial charge in [-0.25, -0.2) is 4.39 Å². The van der Waals surface area contributed by atoms with E-state index in [9.17, 15) is 19.1 Å². The van der Waals surface area contributed by atoms with Gasteiger partial charge in [-0.3, -0.25) is 9.59 Å². The highest BCUT2D eigenvalue weighted by Gasteiger charge is 2.42. The van der Waals surface area contributed by atoms with E-state index in [0.717, 1.165) is 37.0 Å². The highest BCUT2D eigenvalue weighted by Crippen LogP contribution is 2.52. The van der Waals surface area contributed by atoms with Crippen molar-refractivity contribution < 1.29 is 23.6 Å². The summed E-state index contributed by atoms with van der Waals surface area (Å²) < 4.78 is 19.2. The third-order valence-corrected chi connectivity index (χ3v) is 6.88. The zero-order valence-electron chi connectivity index (χ0n) is 19.6. The van der Waals surface area contributed by atoms with Crippen molar-refractivity contribution in [3.05, 3.63) is 46.6 Å². The molecule has 7 heteroatoms. The molecule has 0 radical (unpaired) electrons. The average Bonchev–Trinajstić information content (AvgIpc) is 3.44. The summed E-state index contributed by atoms with van der Waals surface area (Å²) in [6.45, 7) is 6.20. The zero-order valence-corrected chi connectivity index (χ0v) is 19.6. The molecule has 6 nitrogen and oxygen atoms in total. The Bertz CT molecular complexity index is 1020. The van der Waals surface area contributed by atoms with Gasteiger partial charge in [0.2, 0.25) is 5.91 Å². The minimum absolute atomic E-state index is 0.0184. The van der Waals surface area contributed by atoms with E-state index in [0.29, 0.717) is 40.6 Å². The maximum Gasteiger partial charge on any atom is 0.304 e. The van der Waals surface area contributed by atoms with Gasteiger partial charge in [0.15, 0.2) is 0 Å². The Morgan fingerprint density at radius 1 is 1.21 bits per heavy atom. The third-order valence-electron chi connectivity index (χ3n) is 6.88. The van der Waals surface area contributed by atoms with Crippen molar-refractivity contribution in [3.63, 3.8) is 0 Å². The molecule has 0 saturated heterocycles. The molecule has 4 rings (SSSR count). The lowest BCUT2D eigenvalue weighted by Crippen LogP contribution is -2.24. The Morgan fingerprint density at radius 2 is 1.94 bits per heavy atom. The predicted octanol–water partition coefficient (Wildman–Crippen LogP) is 6.13. The van der Waals surface area contributed by atoms with Gasteiger partial charge >= 0.3 is 5.97 Å². The van der Waals surface area contributed by atoms with Crippen LogP contribution in [0, 0.1) is 24.6 Å². The maximum atomic E-state index is 13.4. The van der Waals surface area contributed by atoms with Crippen LogP contribution in [0.25, 0.3) is 0 Å². The molecule has 0 unspecified atom stereocenters. The van der Waals surface area contributed by atoms with Gasteiger partial charge in [-0.2, -0.15) is 0 Å². The second kappa shape index (κ2) is 9.65. The summed E-state index contributed by atoms with van der Waals surface area (Å²) in [5.41, 5.74) is 2.82. The lowest BCUT2D eigenvalue weighted by molar-refractivity contribution is -0.137. The van der Waals surface area contributed by atoms with Crippen LogP contribution in [0.1, 0.15) is 99.1 Å². The smallest absolute Gasteiger partial charge is 0.304 e. The largest absolute Gasteiger partial charge is 0.481 e. The van der Waals surface area contributed by atoms with Crippen molar-refractivity contribution in [1.82, 2.24) is 5.16 Å². The third kappa shape index (κ3) is 5.63. The fourth-order valence-electron chi connectivity index (χ4n) is 5.17. The number of benzene rings is 1. The summed E-state index contributed by atoms with van der Waals surface area (Å²) in [6, 6.07) is 4.16. The van der Waals surface area contributed by atoms with Crippen molar-refractivity contribution >= 4 is 17.6 Å². The number of halogens is 1. The molecular formula is C26H33FN2O4. The van der Waals surface area contributed by atoms with E-state index < -0.39 is 11.9 Å². The molecule has 0 aliphatic heterocycles. The number of aromatic nitrogens is 1. The quantitative estimate of drug-likeness (QED) is 0.449. The van der Waals surface area contributed by atoms with Gasteiger partial charge < -0.3 is 14.9 Å². The van der Waals surface area contributed by atoms with Gasteiger partial charge in [0.1, 0.15) is 11.6 Å². The summed E-state index contributed by atoms with van der Waals surface area (Å²) >= 11 is 0. The summed E-state index contributed by atoms with van der Waals surface area (Å²) in [7, 11) is 0. The van der Waals surface area contributed by atoms with E-state index in [2.05, 4.69) is 24.3 Å². The van der Waals surface area contributed by atoms with Gasteiger partial charge in [-0.1, -0.05) is 19.0 Å². The number of hydrogen-bond acceptors (Lipinski definition) is 4. The number of carbonyl (C=O) groups excluding carboxylic acids is 1. The number of carboxylic acid groups (broad SMARTS) is 1.